The molecule has 0 bridgehead atoms. The van der Waals surface area contributed by atoms with E-state index in [2.05, 4.69) is 22.9 Å². The fourth-order valence-corrected chi connectivity index (χ4v) is 4.00. The van der Waals surface area contributed by atoms with Crippen molar-refractivity contribution in [1.82, 2.24) is 9.47 Å². The number of nitrogens with one attached hydrogen (secondary N) is 1. The lowest BCUT2D eigenvalue weighted by atomic mass is 9.98. The van der Waals surface area contributed by atoms with Crippen LogP contribution in [0, 0.1) is 13.8 Å². The van der Waals surface area contributed by atoms with Crippen molar-refractivity contribution in [3.05, 3.63) is 77.1 Å². The molecule has 6 nitrogen and oxygen atoms in total. The molecule has 4 rings (SSSR count). The van der Waals surface area contributed by atoms with Gasteiger partial charge in [0.25, 0.3) is 0 Å². The van der Waals surface area contributed by atoms with E-state index in [0.29, 0.717) is 6.54 Å². The number of benzene rings is 2. The van der Waals surface area contributed by atoms with Gasteiger partial charge in [0.2, 0.25) is 0 Å². The maximum atomic E-state index is 13.4. The van der Waals surface area contributed by atoms with Crippen LogP contribution in [0.5, 0.6) is 11.5 Å². The van der Waals surface area contributed by atoms with Crippen molar-refractivity contribution in [2.45, 2.75) is 26.4 Å². The number of carbonyl (C=O) groups excluding carboxylic acids is 1. The van der Waals surface area contributed by atoms with E-state index in [0.717, 1.165) is 40.6 Å². The minimum Gasteiger partial charge on any atom is -0.497 e. The van der Waals surface area contributed by atoms with Gasteiger partial charge in [-0.2, -0.15) is 0 Å². The molecule has 6 heteroatoms. The number of methoxy groups -OCH3 is 2. The molecule has 0 aliphatic carbocycles. The second-order valence-corrected chi connectivity index (χ2v) is 7.56. The van der Waals surface area contributed by atoms with E-state index in [1.165, 1.54) is 5.56 Å². The SMILES string of the molecule is COc1ccc(OC)c([C@@H]2c3cccn3CCN2C(=O)Nc2ccc(C)c(C)c2)c1. The number of hydrogen-bond donors (Lipinski definition) is 1. The molecule has 30 heavy (non-hydrogen) atoms. The van der Waals surface area contributed by atoms with E-state index in [9.17, 15) is 4.79 Å². The van der Waals surface area contributed by atoms with Crippen molar-refractivity contribution in [1.29, 1.82) is 0 Å². The Balaban J connectivity index is 1.73. The van der Waals surface area contributed by atoms with E-state index >= 15 is 0 Å². The van der Waals surface area contributed by atoms with E-state index in [-0.39, 0.29) is 12.1 Å². The van der Waals surface area contributed by atoms with E-state index in [1.54, 1.807) is 14.2 Å². The number of fused-ring (bicyclic) bond motifs is 1. The Kier molecular flexibility index (Phi) is 5.40. The van der Waals surface area contributed by atoms with Gasteiger partial charge in [0.15, 0.2) is 0 Å². The van der Waals surface area contributed by atoms with Crippen LogP contribution in [0.2, 0.25) is 0 Å². The Labute approximate surface area is 177 Å². The zero-order valence-electron chi connectivity index (χ0n) is 17.8. The van der Waals surface area contributed by atoms with Gasteiger partial charge >= 0.3 is 6.03 Å². The van der Waals surface area contributed by atoms with Crippen LogP contribution >= 0.6 is 0 Å². The number of carbonyl (C=O) groups is 1. The van der Waals surface area contributed by atoms with Gasteiger partial charge in [-0.25, -0.2) is 4.79 Å². The summed E-state index contributed by atoms with van der Waals surface area (Å²) in [5.41, 5.74) is 5.07. The Morgan fingerprint density at radius 3 is 2.57 bits per heavy atom. The maximum Gasteiger partial charge on any atom is 0.322 e. The molecule has 1 aliphatic rings. The molecule has 2 amide bonds. The van der Waals surface area contributed by atoms with Crippen LogP contribution in [0.1, 0.15) is 28.4 Å². The smallest absolute Gasteiger partial charge is 0.322 e. The number of ether oxygens (including phenoxy) is 2. The van der Waals surface area contributed by atoms with Gasteiger partial charge in [0, 0.05) is 36.2 Å². The topological polar surface area (TPSA) is 55.7 Å². The highest BCUT2D eigenvalue weighted by molar-refractivity contribution is 5.90. The van der Waals surface area contributed by atoms with Crippen LogP contribution in [-0.4, -0.2) is 36.3 Å². The second kappa shape index (κ2) is 8.14. The lowest BCUT2D eigenvalue weighted by Crippen LogP contribution is -2.44. The van der Waals surface area contributed by atoms with Crippen molar-refractivity contribution >= 4 is 11.7 Å². The van der Waals surface area contributed by atoms with Crippen molar-refractivity contribution < 1.29 is 14.3 Å². The third kappa shape index (κ3) is 3.61. The lowest BCUT2D eigenvalue weighted by molar-refractivity contribution is 0.180. The summed E-state index contributed by atoms with van der Waals surface area (Å²) in [6.45, 7) is 5.43. The van der Waals surface area contributed by atoms with Crippen LogP contribution < -0.4 is 14.8 Å². The first-order valence-electron chi connectivity index (χ1n) is 10.0. The average Bonchev–Trinajstić information content (AvgIpc) is 3.24. The monoisotopic (exact) mass is 405 g/mol. The third-order valence-corrected chi connectivity index (χ3v) is 5.79. The standard InChI is InChI=1S/C24H27N3O3/c1-16-7-8-18(14-17(16)2)25-24(28)27-13-12-26-11-5-6-21(26)23(27)20-15-19(29-3)9-10-22(20)30-4/h5-11,14-15,23H,12-13H2,1-4H3,(H,25,28)/t23-/m1/s1. The molecule has 0 fully saturated rings. The van der Waals surface area contributed by atoms with Crippen molar-refractivity contribution in [3.8, 4) is 11.5 Å². The normalized spacial score (nSPS) is 15.5. The largest absolute Gasteiger partial charge is 0.497 e. The fourth-order valence-electron chi connectivity index (χ4n) is 4.00. The molecule has 0 spiro atoms. The summed E-state index contributed by atoms with van der Waals surface area (Å²) in [6, 6.07) is 15.3. The Morgan fingerprint density at radius 2 is 1.83 bits per heavy atom. The molecule has 1 atom stereocenters. The molecule has 1 aromatic heterocycles. The third-order valence-electron chi connectivity index (χ3n) is 5.79. The number of rotatable bonds is 4. The Hall–Kier alpha value is -3.41. The zero-order chi connectivity index (χ0) is 21.3. The highest BCUT2D eigenvalue weighted by Gasteiger charge is 2.34. The molecule has 2 heterocycles. The van der Waals surface area contributed by atoms with E-state index in [1.807, 2.05) is 60.5 Å². The van der Waals surface area contributed by atoms with Gasteiger partial charge < -0.3 is 24.3 Å². The first kappa shape index (κ1) is 19.9. The number of urea groups is 1. The number of nitrogens with zero attached hydrogens (tertiary/aromatic N) is 2. The van der Waals surface area contributed by atoms with E-state index in [4.69, 9.17) is 9.47 Å². The summed E-state index contributed by atoms with van der Waals surface area (Å²) >= 11 is 0. The highest BCUT2D eigenvalue weighted by Crippen LogP contribution is 2.39. The second-order valence-electron chi connectivity index (χ2n) is 7.56. The number of aromatic nitrogens is 1. The number of aryl methyl sites for hydroxylation is 2. The molecule has 0 saturated heterocycles. The van der Waals surface area contributed by atoms with Gasteiger partial charge in [0.05, 0.1) is 14.2 Å². The molecule has 0 radical (unpaired) electrons. The molecule has 0 unspecified atom stereocenters. The molecule has 3 aromatic rings. The molecule has 1 aliphatic heterocycles. The molecule has 2 aromatic carbocycles. The van der Waals surface area contributed by atoms with Crippen LogP contribution in [0.4, 0.5) is 10.5 Å². The summed E-state index contributed by atoms with van der Waals surface area (Å²) in [5, 5.41) is 3.07. The van der Waals surface area contributed by atoms with E-state index < -0.39 is 0 Å². The fraction of sp³-hybridized carbons (Fsp3) is 0.292. The Morgan fingerprint density at radius 1 is 1.00 bits per heavy atom. The van der Waals surface area contributed by atoms with Gasteiger partial charge in [-0.1, -0.05) is 6.07 Å². The highest BCUT2D eigenvalue weighted by atomic mass is 16.5. The molecule has 156 valence electrons. The summed E-state index contributed by atoms with van der Waals surface area (Å²) in [5.74, 6) is 1.45. The summed E-state index contributed by atoms with van der Waals surface area (Å²) < 4.78 is 13.3. The lowest BCUT2D eigenvalue weighted by Gasteiger charge is -2.37. The number of hydrogen-bond acceptors (Lipinski definition) is 3. The molecular weight excluding hydrogens is 378 g/mol. The van der Waals surface area contributed by atoms with Gasteiger partial charge in [-0.05, 0) is 67.4 Å². The minimum atomic E-state index is -0.287. The minimum absolute atomic E-state index is 0.138. The average molecular weight is 405 g/mol. The maximum absolute atomic E-state index is 13.4. The number of amides is 2. The van der Waals surface area contributed by atoms with Gasteiger partial charge in [0.1, 0.15) is 17.5 Å². The van der Waals surface area contributed by atoms with Crippen LogP contribution in [0.3, 0.4) is 0 Å². The van der Waals surface area contributed by atoms with Crippen LogP contribution in [0.15, 0.2) is 54.7 Å². The quantitative estimate of drug-likeness (QED) is 0.681. The van der Waals surface area contributed by atoms with Crippen molar-refractivity contribution in [2.24, 2.45) is 0 Å². The summed E-state index contributed by atoms with van der Waals surface area (Å²) in [6.07, 6.45) is 2.05. The predicted octanol–water partition coefficient (Wildman–Crippen LogP) is 4.76. The van der Waals surface area contributed by atoms with Crippen molar-refractivity contribution in [2.75, 3.05) is 26.1 Å². The van der Waals surface area contributed by atoms with Crippen LogP contribution in [-0.2, 0) is 6.54 Å². The Bertz CT molecular complexity index is 1070. The van der Waals surface area contributed by atoms with Crippen LogP contribution in [0.25, 0.3) is 0 Å². The zero-order valence-corrected chi connectivity index (χ0v) is 17.8. The molecule has 1 N–H and O–H groups in total. The van der Waals surface area contributed by atoms with Gasteiger partial charge in [-0.15, -0.1) is 0 Å². The predicted molar refractivity (Wildman–Crippen MR) is 117 cm³/mol. The molecule has 0 saturated carbocycles. The summed E-state index contributed by atoms with van der Waals surface area (Å²) in [7, 11) is 3.28. The van der Waals surface area contributed by atoms with Gasteiger partial charge in [-0.3, -0.25) is 0 Å². The summed E-state index contributed by atoms with van der Waals surface area (Å²) in [4.78, 5) is 15.2. The first-order valence-corrected chi connectivity index (χ1v) is 10.0. The molecular formula is C24H27N3O3. The first-order chi connectivity index (χ1) is 14.5. The number of anilines is 1. The van der Waals surface area contributed by atoms with Crippen molar-refractivity contribution in [3.63, 3.8) is 0 Å².